The number of carbonyl (C=O) groups is 2. The van der Waals surface area contributed by atoms with Crippen LogP contribution in [-0.2, 0) is 16.0 Å². The highest BCUT2D eigenvalue weighted by Gasteiger charge is 2.37. The molecule has 0 aliphatic carbocycles. The van der Waals surface area contributed by atoms with Gasteiger partial charge in [0.1, 0.15) is 17.1 Å². The first-order chi connectivity index (χ1) is 12.3. The molecule has 0 saturated carbocycles. The maximum atomic E-state index is 12.8. The Hall–Kier alpha value is -2.25. The van der Waals surface area contributed by atoms with Crippen LogP contribution in [0.5, 0.6) is 0 Å². The lowest BCUT2D eigenvalue weighted by Gasteiger charge is -2.24. The molecule has 0 N–H and O–H groups in total. The fourth-order valence-electron chi connectivity index (χ4n) is 2.43. The highest BCUT2D eigenvalue weighted by atomic mass is 32.1. The molecule has 3 rings (SSSR count). The molecule has 0 saturated heterocycles. The number of nitrogens with zero attached hydrogens (tertiary/aromatic N) is 2. The van der Waals surface area contributed by atoms with Crippen molar-refractivity contribution in [3.8, 4) is 0 Å². The first-order valence-electron chi connectivity index (χ1n) is 8.23. The third kappa shape index (κ3) is 4.47. The van der Waals surface area contributed by atoms with Crippen LogP contribution in [-0.4, -0.2) is 28.3 Å². The van der Waals surface area contributed by atoms with E-state index in [1.165, 1.54) is 0 Å². The van der Waals surface area contributed by atoms with Gasteiger partial charge in [-0.2, -0.15) is 27.6 Å². The Labute approximate surface area is 160 Å². The molecule has 2 aromatic heterocycles. The van der Waals surface area contributed by atoms with E-state index in [1.54, 1.807) is 49.5 Å². The Morgan fingerprint density at radius 1 is 1.19 bits per heavy atom. The number of rotatable bonds is 4. The number of ether oxygens (including phenoxy) is 1. The van der Waals surface area contributed by atoms with E-state index in [9.17, 15) is 9.59 Å². The van der Waals surface area contributed by atoms with Crippen LogP contribution in [0.3, 0.4) is 0 Å². The number of aliphatic imine (C=N–C) groups is 1. The van der Waals surface area contributed by atoms with Crippen LogP contribution in [0.25, 0.3) is 6.08 Å². The van der Waals surface area contributed by atoms with E-state index in [4.69, 9.17) is 4.74 Å². The van der Waals surface area contributed by atoms with Gasteiger partial charge < -0.3 is 4.74 Å². The zero-order valence-corrected chi connectivity index (χ0v) is 16.5. The van der Waals surface area contributed by atoms with E-state index in [0.29, 0.717) is 18.7 Å². The van der Waals surface area contributed by atoms with Crippen molar-refractivity contribution in [2.75, 3.05) is 0 Å². The van der Waals surface area contributed by atoms with E-state index in [0.717, 1.165) is 16.0 Å². The molecule has 1 aliphatic heterocycles. The smallest absolute Gasteiger partial charge is 0.423 e. The number of hydrogen-bond acceptors (Lipinski definition) is 6. The third-order valence-corrected chi connectivity index (χ3v) is 5.00. The molecule has 3 heterocycles. The Bertz CT molecular complexity index is 844. The average Bonchev–Trinajstić information content (AvgIpc) is 3.27. The van der Waals surface area contributed by atoms with Crippen LogP contribution < -0.4 is 0 Å². The predicted octanol–water partition coefficient (Wildman–Crippen LogP) is 4.96. The average molecular weight is 389 g/mol. The van der Waals surface area contributed by atoms with Gasteiger partial charge in [0.15, 0.2) is 0 Å². The summed E-state index contributed by atoms with van der Waals surface area (Å²) in [4.78, 5) is 30.9. The number of amidine groups is 1. The molecule has 2 amide bonds. The van der Waals surface area contributed by atoms with Gasteiger partial charge in [-0.25, -0.2) is 9.79 Å². The number of amides is 2. The summed E-state index contributed by atoms with van der Waals surface area (Å²) in [6.07, 6.45) is 2.22. The van der Waals surface area contributed by atoms with Gasteiger partial charge in [0.05, 0.1) is 0 Å². The zero-order valence-electron chi connectivity index (χ0n) is 14.9. The molecule has 0 radical (unpaired) electrons. The monoisotopic (exact) mass is 388 g/mol. The summed E-state index contributed by atoms with van der Waals surface area (Å²) >= 11 is 3.16. The number of thiophene rings is 2. The Morgan fingerprint density at radius 3 is 2.54 bits per heavy atom. The molecule has 0 bridgehead atoms. The molecule has 26 heavy (non-hydrogen) atoms. The molecule has 7 heteroatoms. The first kappa shape index (κ1) is 18.5. The summed E-state index contributed by atoms with van der Waals surface area (Å²) in [5.74, 6) is -0.0114. The number of carbonyl (C=O) groups excluding carboxylic acids is 2. The Morgan fingerprint density at radius 2 is 1.92 bits per heavy atom. The summed E-state index contributed by atoms with van der Waals surface area (Å²) in [7, 11) is 0. The quantitative estimate of drug-likeness (QED) is 0.696. The van der Waals surface area contributed by atoms with Crippen molar-refractivity contribution in [1.29, 1.82) is 0 Å². The lowest BCUT2D eigenvalue weighted by molar-refractivity contribution is -0.122. The van der Waals surface area contributed by atoms with Crippen LogP contribution >= 0.6 is 22.7 Å². The van der Waals surface area contributed by atoms with Crippen LogP contribution in [0.2, 0.25) is 0 Å². The van der Waals surface area contributed by atoms with Crippen molar-refractivity contribution in [3.63, 3.8) is 0 Å². The lowest BCUT2D eigenvalue weighted by atomic mass is 10.2. The van der Waals surface area contributed by atoms with E-state index < -0.39 is 17.6 Å². The molecular formula is C19H20N2O3S2. The van der Waals surface area contributed by atoms with Gasteiger partial charge in [-0.05, 0) is 78.0 Å². The molecule has 2 aromatic rings. The van der Waals surface area contributed by atoms with Crippen molar-refractivity contribution in [2.45, 2.75) is 39.2 Å². The minimum Gasteiger partial charge on any atom is -0.443 e. The van der Waals surface area contributed by atoms with Gasteiger partial charge >= 0.3 is 6.09 Å². The van der Waals surface area contributed by atoms with Crippen LogP contribution in [0.15, 0.2) is 44.3 Å². The molecule has 0 spiro atoms. The minimum absolute atomic E-state index is 0.259. The lowest BCUT2D eigenvalue weighted by Crippen LogP contribution is -2.41. The molecular weight excluding hydrogens is 368 g/mol. The largest absolute Gasteiger partial charge is 0.443 e. The van der Waals surface area contributed by atoms with Gasteiger partial charge in [-0.1, -0.05) is 0 Å². The number of hydrogen-bond donors (Lipinski definition) is 0. The Balaban J connectivity index is 1.85. The summed E-state index contributed by atoms with van der Waals surface area (Å²) in [6.45, 7) is 5.32. The standard InChI is InChI=1S/C19H20N2O3S2/c1-19(2,3)24-18(23)21-16(5-4-13-6-8-25-11-13)20-15(17(21)22)10-14-7-9-26-12-14/h6-12H,4-5H2,1-3H3/b15-10-. The molecule has 0 aromatic carbocycles. The highest BCUT2D eigenvalue weighted by Crippen LogP contribution is 2.24. The molecule has 0 fully saturated rings. The molecule has 136 valence electrons. The van der Waals surface area contributed by atoms with Gasteiger partial charge in [-0.3, -0.25) is 4.79 Å². The topological polar surface area (TPSA) is 59.0 Å². The van der Waals surface area contributed by atoms with Gasteiger partial charge in [0.2, 0.25) is 0 Å². The minimum atomic E-state index is -0.685. The summed E-state index contributed by atoms with van der Waals surface area (Å²) in [5.41, 5.74) is 1.62. The second-order valence-corrected chi connectivity index (χ2v) is 8.43. The zero-order chi connectivity index (χ0) is 18.7. The normalized spacial score (nSPS) is 16.3. The van der Waals surface area contributed by atoms with Crippen molar-refractivity contribution in [1.82, 2.24) is 4.90 Å². The molecule has 0 unspecified atom stereocenters. The maximum absolute atomic E-state index is 12.8. The van der Waals surface area contributed by atoms with Gasteiger partial charge in [0.25, 0.3) is 5.91 Å². The van der Waals surface area contributed by atoms with Crippen molar-refractivity contribution in [3.05, 3.63) is 50.5 Å². The molecule has 0 atom stereocenters. The van der Waals surface area contributed by atoms with E-state index >= 15 is 0 Å². The molecule has 1 aliphatic rings. The van der Waals surface area contributed by atoms with Gasteiger partial charge in [-0.15, -0.1) is 0 Å². The van der Waals surface area contributed by atoms with E-state index in [-0.39, 0.29) is 5.70 Å². The van der Waals surface area contributed by atoms with Crippen molar-refractivity contribution < 1.29 is 14.3 Å². The van der Waals surface area contributed by atoms with Crippen LogP contribution in [0.4, 0.5) is 4.79 Å². The number of imide groups is 1. The fraction of sp³-hybridized carbons (Fsp3) is 0.316. The van der Waals surface area contributed by atoms with Crippen molar-refractivity contribution in [2.24, 2.45) is 4.99 Å². The van der Waals surface area contributed by atoms with E-state index in [1.807, 2.05) is 28.3 Å². The highest BCUT2D eigenvalue weighted by molar-refractivity contribution is 7.08. The summed E-state index contributed by atoms with van der Waals surface area (Å²) in [6, 6.07) is 3.93. The van der Waals surface area contributed by atoms with E-state index in [2.05, 4.69) is 10.4 Å². The van der Waals surface area contributed by atoms with Crippen molar-refractivity contribution >= 4 is 46.6 Å². The summed E-state index contributed by atoms with van der Waals surface area (Å²) in [5, 5.41) is 7.91. The second-order valence-electron chi connectivity index (χ2n) is 6.87. The summed E-state index contributed by atoms with van der Waals surface area (Å²) < 4.78 is 5.41. The molecule has 5 nitrogen and oxygen atoms in total. The number of aryl methyl sites for hydroxylation is 1. The third-order valence-electron chi connectivity index (χ3n) is 3.57. The van der Waals surface area contributed by atoms with Crippen LogP contribution in [0, 0.1) is 0 Å². The second kappa shape index (κ2) is 7.55. The van der Waals surface area contributed by atoms with Gasteiger partial charge in [0, 0.05) is 6.42 Å². The van der Waals surface area contributed by atoms with Crippen LogP contribution in [0.1, 0.15) is 38.3 Å². The SMILES string of the molecule is CC(C)(C)OC(=O)N1C(=O)/C(=C/c2ccsc2)N=C1CCc1ccsc1. The fourth-order valence-corrected chi connectivity index (χ4v) is 3.75. The Kier molecular flexibility index (Phi) is 5.38. The predicted molar refractivity (Wildman–Crippen MR) is 105 cm³/mol. The maximum Gasteiger partial charge on any atom is 0.423 e. The first-order valence-corrected chi connectivity index (χ1v) is 10.1.